The van der Waals surface area contributed by atoms with Crippen LogP contribution >= 0.6 is 0 Å². The van der Waals surface area contributed by atoms with E-state index in [4.69, 9.17) is 0 Å². The third-order valence-corrected chi connectivity index (χ3v) is 5.74. The van der Waals surface area contributed by atoms with Crippen molar-refractivity contribution in [2.45, 2.75) is 76.4 Å². The van der Waals surface area contributed by atoms with E-state index in [1.807, 2.05) is 7.05 Å². The van der Waals surface area contributed by atoms with Gasteiger partial charge in [-0.2, -0.15) is 0 Å². The zero-order valence-corrected chi connectivity index (χ0v) is 12.4. The minimum absolute atomic E-state index is 0.0597. The van der Waals surface area contributed by atoms with Crippen molar-refractivity contribution >= 4 is 5.91 Å². The Morgan fingerprint density at radius 2 is 1.74 bits per heavy atom. The highest BCUT2D eigenvalue weighted by atomic mass is 16.2. The largest absolute Gasteiger partial charge is 0.336 e. The Labute approximate surface area is 117 Å². The van der Waals surface area contributed by atoms with Crippen molar-refractivity contribution in [3.05, 3.63) is 0 Å². The molecule has 1 N–H and O–H groups in total. The zero-order valence-electron chi connectivity index (χ0n) is 12.4. The topological polar surface area (TPSA) is 32.3 Å². The lowest BCUT2D eigenvalue weighted by molar-refractivity contribution is -0.138. The summed E-state index contributed by atoms with van der Waals surface area (Å²) in [6.07, 6.45) is 10.1. The van der Waals surface area contributed by atoms with Crippen LogP contribution in [-0.2, 0) is 4.79 Å². The van der Waals surface area contributed by atoms with Gasteiger partial charge in [0.25, 0.3) is 0 Å². The van der Waals surface area contributed by atoms with Crippen LogP contribution in [0.5, 0.6) is 0 Å². The first kappa shape index (κ1) is 13.4. The molecule has 4 atom stereocenters. The molecule has 0 aromatic heterocycles. The Balaban J connectivity index is 1.77. The fraction of sp³-hybridized carbons (Fsp3) is 0.938. The van der Waals surface area contributed by atoms with Gasteiger partial charge in [0.05, 0.1) is 6.04 Å². The van der Waals surface area contributed by atoms with Gasteiger partial charge < -0.3 is 10.2 Å². The van der Waals surface area contributed by atoms with Crippen LogP contribution in [0.2, 0.25) is 0 Å². The van der Waals surface area contributed by atoms with Gasteiger partial charge in [0, 0.05) is 12.1 Å². The summed E-state index contributed by atoms with van der Waals surface area (Å²) in [7, 11) is 1.93. The number of rotatable bonds is 2. The molecule has 3 rings (SSSR count). The number of fused-ring (bicyclic) bond motifs is 2. The molecule has 1 heterocycles. The van der Waals surface area contributed by atoms with Crippen LogP contribution in [0.4, 0.5) is 0 Å². The molecule has 1 amide bonds. The fourth-order valence-electron chi connectivity index (χ4n) is 4.78. The summed E-state index contributed by atoms with van der Waals surface area (Å²) in [5, 5.41) is 3.23. The van der Waals surface area contributed by atoms with Crippen molar-refractivity contribution in [1.82, 2.24) is 10.2 Å². The van der Waals surface area contributed by atoms with Crippen molar-refractivity contribution in [1.29, 1.82) is 0 Å². The maximum atomic E-state index is 12.8. The smallest absolute Gasteiger partial charge is 0.240 e. The average molecular weight is 264 g/mol. The van der Waals surface area contributed by atoms with Crippen LogP contribution in [0.1, 0.15) is 58.3 Å². The van der Waals surface area contributed by atoms with Crippen LogP contribution in [0.25, 0.3) is 0 Å². The molecule has 2 bridgehead atoms. The number of amides is 1. The molecule has 0 aromatic carbocycles. The van der Waals surface area contributed by atoms with Crippen LogP contribution in [-0.4, -0.2) is 36.0 Å². The second kappa shape index (κ2) is 5.43. The van der Waals surface area contributed by atoms with Gasteiger partial charge >= 0.3 is 0 Å². The Morgan fingerprint density at radius 1 is 1.05 bits per heavy atom. The minimum Gasteiger partial charge on any atom is -0.336 e. The SMILES string of the molecule is CNC1CCCC(C)N(C2CC3CCC(C3)C2)C1=O. The van der Waals surface area contributed by atoms with Gasteiger partial charge in [-0.25, -0.2) is 0 Å². The average Bonchev–Trinajstić information content (AvgIpc) is 2.65. The predicted octanol–water partition coefficient (Wildman–Crippen LogP) is 2.55. The molecule has 19 heavy (non-hydrogen) atoms. The van der Waals surface area contributed by atoms with Gasteiger partial charge in [-0.3, -0.25) is 4.79 Å². The lowest BCUT2D eigenvalue weighted by Crippen LogP contribution is -2.53. The number of likely N-dealkylation sites (tertiary alicyclic amines) is 1. The highest BCUT2D eigenvalue weighted by molar-refractivity contribution is 5.82. The highest BCUT2D eigenvalue weighted by Crippen LogP contribution is 2.44. The van der Waals surface area contributed by atoms with E-state index in [2.05, 4.69) is 17.1 Å². The van der Waals surface area contributed by atoms with Crippen LogP contribution in [0.15, 0.2) is 0 Å². The van der Waals surface area contributed by atoms with E-state index in [1.165, 1.54) is 44.9 Å². The molecule has 3 aliphatic rings. The Bertz CT molecular complexity index is 332. The second-order valence-corrected chi connectivity index (χ2v) is 7.04. The summed E-state index contributed by atoms with van der Waals surface area (Å²) in [6.45, 7) is 2.26. The molecule has 1 aliphatic heterocycles. The number of hydrogen-bond acceptors (Lipinski definition) is 2. The maximum Gasteiger partial charge on any atom is 0.240 e. The number of carbonyl (C=O) groups is 1. The molecule has 108 valence electrons. The molecule has 0 aromatic rings. The Morgan fingerprint density at radius 3 is 2.37 bits per heavy atom. The van der Waals surface area contributed by atoms with Gasteiger partial charge in [0.2, 0.25) is 5.91 Å². The molecule has 2 aliphatic carbocycles. The highest BCUT2D eigenvalue weighted by Gasteiger charge is 2.41. The van der Waals surface area contributed by atoms with E-state index in [9.17, 15) is 4.79 Å². The van der Waals surface area contributed by atoms with Gasteiger partial charge in [-0.1, -0.05) is 12.8 Å². The molecule has 1 saturated heterocycles. The lowest BCUT2D eigenvalue weighted by Gasteiger charge is -2.41. The second-order valence-electron chi connectivity index (χ2n) is 7.04. The first-order chi connectivity index (χ1) is 9.19. The first-order valence-corrected chi connectivity index (χ1v) is 8.18. The van der Waals surface area contributed by atoms with Gasteiger partial charge in [-0.15, -0.1) is 0 Å². The number of nitrogens with one attached hydrogen (secondary N) is 1. The summed E-state index contributed by atoms with van der Waals surface area (Å²) < 4.78 is 0. The lowest BCUT2D eigenvalue weighted by atomic mass is 9.84. The van der Waals surface area contributed by atoms with Crippen molar-refractivity contribution in [2.24, 2.45) is 11.8 Å². The molecular weight excluding hydrogens is 236 g/mol. The number of nitrogens with zero attached hydrogens (tertiary/aromatic N) is 1. The molecule has 3 nitrogen and oxygen atoms in total. The summed E-state index contributed by atoms with van der Waals surface area (Å²) in [6, 6.07) is 1.03. The molecule has 3 fully saturated rings. The first-order valence-electron chi connectivity index (χ1n) is 8.18. The summed E-state index contributed by atoms with van der Waals surface area (Å²) in [5.74, 6) is 2.18. The molecule has 0 spiro atoms. The summed E-state index contributed by atoms with van der Waals surface area (Å²) in [4.78, 5) is 15.1. The zero-order chi connectivity index (χ0) is 13.4. The number of hydrogen-bond donors (Lipinski definition) is 1. The molecule has 4 unspecified atom stereocenters. The standard InChI is InChI=1S/C16H28N2O/c1-11-4-3-5-15(17-2)16(19)18(11)14-9-12-6-7-13(8-12)10-14/h11-15,17H,3-10H2,1-2H3. The fourth-order valence-corrected chi connectivity index (χ4v) is 4.78. The number of likely N-dealkylation sites (N-methyl/N-ethyl adjacent to an activating group) is 1. The third-order valence-electron chi connectivity index (χ3n) is 5.74. The number of carbonyl (C=O) groups excluding carboxylic acids is 1. The quantitative estimate of drug-likeness (QED) is 0.831. The Kier molecular flexibility index (Phi) is 3.84. The van der Waals surface area contributed by atoms with Gasteiger partial charge in [-0.05, 0) is 64.3 Å². The van der Waals surface area contributed by atoms with Gasteiger partial charge in [0.15, 0.2) is 0 Å². The molecule has 0 radical (unpaired) electrons. The predicted molar refractivity (Wildman–Crippen MR) is 76.9 cm³/mol. The normalized spacial score (nSPS) is 43.4. The van der Waals surface area contributed by atoms with E-state index in [0.717, 1.165) is 18.3 Å². The third kappa shape index (κ3) is 2.54. The van der Waals surface area contributed by atoms with Crippen molar-refractivity contribution in [3.63, 3.8) is 0 Å². The molecule has 2 saturated carbocycles. The Hall–Kier alpha value is -0.570. The minimum atomic E-state index is 0.0597. The van der Waals surface area contributed by atoms with E-state index < -0.39 is 0 Å². The van der Waals surface area contributed by atoms with Crippen molar-refractivity contribution < 1.29 is 4.79 Å². The van der Waals surface area contributed by atoms with Crippen molar-refractivity contribution in [2.75, 3.05) is 7.05 Å². The van der Waals surface area contributed by atoms with Crippen molar-refractivity contribution in [3.8, 4) is 0 Å². The van der Waals surface area contributed by atoms with Crippen LogP contribution in [0.3, 0.4) is 0 Å². The van der Waals surface area contributed by atoms with E-state index in [0.29, 0.717) is 18.0 Å². The van der Waals surface area contributed by atoms with Gasteiger partial charge in [0.1, 0.15) is 0 Å². The van der Waals surface area contributed by atoms with Crippen LogP contribution < -0.4 is 5.32 Å². The van der Waals surface area contributed by atoms with E-state index in [1.54, 1.807) is 0 Å². The summed E-state index contributed by atoms with van der Waals surface area (Å²) in [5.41, 5.74) is 0. The monoisotopic (exact) mass is 264 g/mol. The van der Waals surface area contributed by atoms with E-state index in [-0.39, 0.29) is 6.04 Å². The maximum absolute atomic E-state index is 12.8. The molecular formula is C16H28N2O. The van der Waals surface area contributed by atoms with E-state index >= 15 is 0 Å². The summed E-state index contributed by atoms with van der Waals surface area (Å²) >= 11 is 0. The molecule has 3 heteroatoms. The van der Waals surface area contributed by atoms with Crippen LogP contribution in [0, 0.1) is 11.8 Å².